The molecule has 3 N–H and O–H groups in total. The van der Waals surface area contributed by atoms with Crippen LogP contribution in [0.15, 0.2) is 30.3 Å². The maximum absolute atomic E-state index is 11.3. The van der Waals surface area contributed by atoms with Gasteiger partial charge in [-0.1, -0.05) is 12.1 Å². The Labute approximate surface area is 123 Å². The van der Waals surface area contributed by atoms with E-state index < -0.39 is 5.91 Å². The molecule has 1 aliphatic rings. The van der Waals surface area contributed by atoms with Gasteiger partial charge in [0, 0.05) is 23.9 Å². The van der Waals surface area contributed by atoms with Gasteiger partial charge in [-0.2, -0.15) is 0 Å². The van der Waals surface area contributed by atoms with Crippen molar-refractivity contribution in [3.05, 3.63) is 47.2 Å². The Morgan fingerprint density at radius 3 is 3.05 bits per heavy atom. The number of amides is 1. The quantitative estimate of drug-likeness (QED) is 0.907. The van der Waals surface area contributed by atoms with E-state index in [-0.39, 0.29) is 0 Å². The van der Waals surface area contributed by atoms with Crippen molar-refractivity contribution in [3.63, 3.8) is 0 Å². The summed E-state index contributed by atoms with van der Waals surface area (Å²) in [6, 6.07) is 9.16. The molecular weight excluding hydrogens is 266 g/mol. The number of carbonyl (C=O) groups excluding carboxylic acids is 1. The van der Waals surface area contributed by atoms with Crippen molar-refractivity contribution in [2.75, 3.05) is 11.9 Å². The highest BCUT2D eigenvalue weighted by Crippen LogP contribution is 2.34. The van der Waals surface area contributed by atoms with Gasteiger partial charge in [0.2, 0.25) is 11.8 Å². The van der Waals surface area contributed by atoms with E-state index in [0.29, 0.717) is 17.1 Å². The lowest BCUT2D eigenvalue weighted by Gasteiger charge is -2.20. The molecule has 108 valence electrons. The van der Waals surface area contributed by atoms with Gasteiger partial charge in [0.25, 0.3) is 0 Å². The molecule has 0 radical (unpaired) electrons. The minimum Gasteiger partial charge on any atom is -0.437 e. The first-order chi connectivity index (χ1) is 10.1. The minimum absolute atomic E-state index is 0.379. The largest absolute Gasteiger partial charge is 0.437 e. The Kier molecular flexibility index (Phi) is 3.48. The number of fused-ring (bicyclic) bond motifs is 1. The van der Waals surface area contributed by atoms with E-state index in [9.17, 15) is 4.79 Å². The molecule has 0 unspecified atom stereocenters. The van der Waals surface area contributed by atoms with Gasteiger partial charge in [-0.3, -0.25) is 4.79 Å². The molecule has 0 saturated heterocycles. The molecule has 1 aromatic carbocycles. The molecule has 5 heteroatoms. The zero-order valence-corrected chi connectivity index (χ0v) is 11.8. The smallest absolute Gasteiger partial charge is 0.248 e. The number of rotatable bonds is 3. The van der Waals surface area contributed by atoms with Crippen molar-refractivity contribution in [2.24, 2.45) is 5.73 Å². The van der Waals surface area contributed by atoms with Gasteiger partial charge in [-0.25, -0.2) is 4.98 Å². The summed E-state index contributed by atoms with van der Waals surface area (Å²) in [5.74, 6) is 0.615. The molecule has 3 rings (SSSR count). The molecule has 21 heavy (non-hydrogen) atoms. The monoisotopic (exact) mass is 283 g/mol. The lowest BCUT2D eigenvalue weighted by Crippen LogP contribution is -2.13. The number of aromatic nitrogens is 1. The third-order valence-electron chi connectivity index (χ3n) is 3.47. The summed E-state index contributed by atoms with van der Waals surface area (Å²) in [5.41, 5.74) is 8.66. The molecule has 0 spiro atoms. The maximum Gasteiger partial charge on any atom is 0.248 e. The fourth-order valence-corrected chi connectivity index (χ4v) is 2.51. The molecule has 2 heterocycles. The van der Waals surface area contributed by atoms with E-state index in [0.717, 1.165) is 30.8 Å². The number of ether oxygens (including phenoxy) is 1. The first-order valence-corrected chi connectivity index (χ1v) is 6.95. The Morgan fingerprint density at radius 2 is 2.24 bits per heavy atom. The summed E-state index contributed by atoms with van der Waals surface area (Å²) < 4.78 is 5.87. The van der Waals surface area contributed by atoms with Crippen molar-refractivity contribution in [2.45, 2.75) is 19.8 Å². The van der Waals surface area contributed by atoms with Crippen LogP contribution in [0.25, 0.3) is 0 Å². The van der Waals surface area contributed by atoms with Crippen molar-refractivity contribution < 1.29 is 9.53 Å². The number of primary amides is 1. The number of para-hydroxylation sites is 1. The molecule has 0 bridgehead atoms. The van der Waals surface area contributed by atoms with Crippen molar-refractivity contribution >= 4 is 11.6 Å². The molecule has 5 nitrogen and oxygen atoms in total. The number of anilines is 1. The number of aryl methyl sites for hydroxylation is 2. The van der Waals surface area contributed by atoms with Gasteiger partial charge >= 0.3 is 0 Å². The van der Waals surface area contributed by atoms with Crippen molar-refractivity contribution in [1.82, 2.24) is 4.98 Å². The van der Waals surface area contributed by atoms with E-state index in [1.807, 2.05) is 12.1 Å². The highest BCUT2D eigenvalue weighted by molar-refractivity contribution is 5.93. The lowest BCUT2D eigenvalue weighted by molar-refractivity contribution is 0.0999. The molecule has 0 atom stereocenters. The predicted octanol–water partition coefficient (Wildman–Crippen LogP) is 2.64. The van der Waals surface area contributed by atoms with Gasteiger partial charge < -0.3 is 15.8 Å². The van der Waals surface area contributed by atoms with Crippen molar-refractivity contribution in [1.29, 1.82) is 0 Å². The van der Waals surface area contributed by atoms with Crippen LogP contribution in [0.1, 0.15) is 28.0 Å². The average Bonchev–Trinajstić information content (AvgIpc) is 2.47. The Hall–Kier alpha value is -2.56. The maximum atomic E-state index is 11.3. The highest BCUT2D eigenvalue weighted by atomic mass is 16.5. The number of hydrogen-bond donors (Lipinski definition) is 2. The second-order valence-corrected chi connectivity index (χ2v) is 5.12. The molecule has 0 fully saturated rings. The third-order valence-corrected chi connectivity index (χ3v) is 3.47. The van der Waals surface area contributed by atoms with E-state index in [1.54, 1.807) is 19.1 Å². The SMILES string of the molecule is Cc1cc(C(N)=O)cc(Oc2cccc3c2NCCC3)n1. The van der Waals surface area contributed by atoms with E-state index in [1.165, 1.54) is 5.56 Å². The summed E-state index contributed by atoms with van der Waals surface area (Å²) >= 11 is 0. The zero-order valence-electron chi connectivity index (χ0n) is 11.8. The van der Waals surface area contributed by atoms with Gasteiger partial charge in [0.1, 0.15) is 0 Å². The van der Waals surface area contributed by atoms with Gasteiger partial charge in [-0.15, -0.1) is 0 Å². The van der Waals surface area contributed by atoms with E-state index >= 15 is 0 Å². The fourth-order valence-electron chi connectivity index (χ4n) is 2.51. The first-order valence-electron chi connectivity index (χ1n) is 6.95. The van der Waals surface area contributed by atoms with Crippen LogP contribution in [0, 0.1) is 6.92 Å². The van der Waals surface area contributed by atoms with Crippen molar-refractivity contribution in [3.8, 4) is 11.6 Å². The van der Waals surface area contributed by atoms with Gasteiger partial charge in [0.05, 0.1) is 5.69 Å². The average molecular weight is 283 g/mol. The summed E-state index contributed by atoms with van der Waals surface area (Å²) in [6.45, 7) is 2.74. The fraction of sp³-hybridized carbons (Fsp3) is 0.250. The van der Waals surface area contributed by atoms with Crippen LogP contribution < -0.4 is 15.8 Å². The highest BCUT2D eigenvalue weighted by Gasteiger charge is 2.15. The van der Waals surface area contributed by atoms with Gasteiger partial charge in [-0.05, 0) is 37.5 Å². The predicted molar refractivity (Wildman–Crippen MR) is 80.8 cm³/mol. The number of pyridine rings is 1. The Balaban J connectivity index is 1.95. The second-order valence-electron chi connectivity index (χ2n) is 5.12. The topological polar surface area (TPSA) is 77.2 Å². The van der Waals surface area contributed by atoms with Crippen LogP contribution in [-0.4, -0.2) is 17.4 Å². The van der Waals surface area contributed by atoms with Crippen LogP contribution in [-0.2, 0) is 6.42 Å². The normalized spacial score (nSPS) is 13.2. The molecule has 1 aromatic heterocycles. The molecular formula is C16H17N3O2. The molecule has 1 aliphatic heterocycles. The molecule has 1 amide bonds. The number of benzene rings is 1. The number of nitrogens with two attached hydrogens (primary N) is 1. The Morgan fingerprint density at radius 1 is 1.38 bits per heavy atom. The van der Waals surface area contributed by atoms with Crippen LogP contribution in [0.5, 0.6) is 11.6 Å². The van der Waals surface area contributed by atoms with Gasteiger partial charge in [0.15, 0.2) is 5.75 Å². The summed E-state index contributed by atoms with van der Waals surface area (Å²) in [6.07, 6.45) is 2.15. The number of hydrogen-bond acceptors (Lipinski definition) is 4. The molecule has 0 aliphatic carbocycles. The van der Waals surface area contributed by atoms with Crippen LogP contribution in [0.2, 0.25) is 0 Å². The molecule has 2 aromatic rings. The summed E-state index contributed by atoms with van der Waals surface area (Å²) in [4.78, 5) is 15.6. The molecule has 0 saturated carbocycles. The number of carbonyl (C=O) groups is 1. The summed E-state index contributed by atoms with van der Waals surface area (Å²) in [7, 11) is 0. The second kappa shape index (κ2) is 5.44. The van der Waals surface area contributed by atoms with E-state index in [4.69, 9.17) is 10.5 Å². The van der Waals surface area contributed by atoms with Crippen LogP contribution in [0.4, 0.5) is 5.69 Å². The van der Waals surface area contributed by atoms with Crippen LogP contribution >= 0.6 is 0 Å². The van der Waals surface area contributed by atoms with Crippen LogP contribution in [0.3, 0.4) is 0 Å². The minimum atomic E-state index is -0.487. The zero-order chi connectivity index (χ0) is 14.8. The number of nitrogens with zero attached hydrogens (tertiary/aromatic N) is 1. The standard InChI is InChI=1S/C16H17N3O2/c1-10-8-12(16(17)20)9-14(19-10)21-13-6-2-4-11-5-3-7-18-15(11)13/h2,4,6,8-9,18H,3,5,7H2,1H3,(H2,17,20). The Bertz CT molecular complexity index is 698. The summed E-state index contributed by atoms with van der Waals surface area (Å²) in [5, 5.41) is 3.36. The first kappa shape index (κ1) is 13.4. The lowest BCUT2D eigenvalue weighted by atomic mass is 10.0. The van der Waals surface area contributed by atoms with E-state index in [2.05, 4.69) is 16.4 Å². The number of nitrogens with one attached hydrogen (secondary N) is 1. The third kappa shape index (κ3) is 2.81.